The molecule has 0 aliphatic carbocycles. The number of carbonyl (C=O) groups excluding carboxylic acids is 1. The van der Waals surface area contributed by atoms with Crippen molar-refractivity contribution in [2.75, 3.05) is 6.54 Å². The number of aromatic nitrogens is 3. The van der Waals surface area contributed by atoms with Gasteiger partial charge < -0.3 is 11.1 Å². The number of nitrogens with two attached hydrogens (primary N) is 1. The molecule has 94 valence electrons. The van der Waals surface area contributed by atoms with Crippen molar-refractivity contribution < 1.29 is 4.79 Å². The summed E-state index contributed by atoms with van der Waals surface area (Å²) in [4.78, 5) is 16.0. The minimum Gasteiger partial charge on any atom is -0.392 e. The van der Waals surface area contributed by atoms with E-state index in [-0.39, 0.29) is 10.9 Å². The van der Waals surface area contributed by atoms with E-state index >= 15 is 0 Å². The summed E-state index contributed by atoms with van der Waals surface area (Å²) in [6, 6.07) is 0. The van der Waals surface area contributed by atoms with Gasteiger partial charge in [0.2, 0.25) is 5.91 Å². The first-order valence-electron chi connectivity index (χ1n) is 5.26. The summed E-state index contributed by atoms with van der Waals surface area (Å²) in [6.07, 6.45) is 2.20. The van der Waals surface area contributed by atoms with Gasteiger partial charge in [-0.2, -0.15) is 5.10 Å². The third-order valence-corrected chi connectivity index (χ3v) is 2.98. The SMILES string of the molecule is Cn1cnc(CCNC(=O)C(C)(C)C(N)=S)n1. The van der Waals surface area contributed by atoms with Gasteiger partial charge in [0.05, 0.1) is 10.4 Å². The first-order chi connectivity index (χ1) is 7.84. The van der Waals surface area contributed by atoms with Crippen LogP contribution in [0.5, 0.6) is 0 Å². The van der Waals surface area contributed by atoms with Crippen LogP contribution in [0.15, 0.2) is 6.33 Å². The Bertz CT molecular complexity index is 426. The standard InChI is InChI=1S/C10H17N5OS/c1-10(2,8(11)17)9(16)12-5-4-7-13-6-15(3)14-7/h6H,4-5H2,1-3H3,(H2,11,17)(H,12,16). The van der Waals surface area contributed by atoms with Gasteiger partial charge in [0.15, 0.2) is 5.82 Å². The van der Waals surface area contributed by atoms with E-state index in [1.165, 1.54) is 0 Å². The number of amides is 1. The number of thiocarbonyl (C=S) groups is 1. The zero-order chi connectivity index (χ0) is 13.1. The van der Waals surface area contributed by atoms with Gasteiger partial charge in [-0.15, -0.1) is 0 Å². The topological polar surface area (TPSA) is 85.8 Å². The van der Waals surface area contributed by atoms with Crippen LogP contribution in [0.2, 0.25) is 0 Å². The lowest BCUT2D eigenvalue weighted by Crippen LogP contribution is -2.45. The minimum atomic E-state index is -0.827. The van der Waals surface area contributed by atoms with Crippen molar-refractivity contribution in [1.82, 2.24) is 20.1 Å². The predicted molar refractivity (Wildman–Crippen MR) is 68.3 cm³/mol. The molecule has 0 aromatic carbocycles. The quantitative estimate of drug-likeness (QED) is 0.711. The maximum absolute atomic E-state index is 11.8. The zero-order valence-corrected chi connectivity index (χ0v) is 11.0. The lowest BCUT2D eigenvalue weighted by Gasteiger charge is -2.21. The second-order valence-electron chi connectivity index (χ2n) is 4.33. The Morgan fingerprint density at radius 1 is 1.65 bits per heavy atom. The summed E-state index contributed by atoms with van der Waals surface area (Å²) in [5.74, 6) is 0.516. The van der Waals surface area contributed by atoms with Crippen LogP contribution in [0.25, 0.3) is 0 Å². The molecule has 0 aliphatic rings. The molecule has 1 heterocycles. The van der Waals surface area contributed by atoms with Crippen LogP contribution in [0.3, 0.4) is 0 Å². The van der Waals surface area contributed by atoms with Gasteiger partial charge in [-0.25, -0.2) is 4.98 Å². The summed E-state index contributed by atoms with van der Waals surface area (Å²) >= 11 is 4.84. The van der Waals surface area contributed by atoms with Crippen LogP contribution in [0.1, 0.15) is 19.7 Å². The molecule has 0 bridgehead atoms. The van der Waals surface area contributed by atoms with Crippen molar-refractivity contribution in [2.45, 2.75) is 20.3 Å². The van der Waals surface area contributed by atoms with Crippen molar-refractivity contribution >= 4 is 23.1 Å². The highest BCUT2D eigenvalue weighted by atomic mass is 32.1. The number of carbonyl (C=O) groups is 1. The molecule has 0 unspecified atom stereocenters. The van der Waals surface area contributed by atoms with E-state index in [2.05, 4.69) is 15.4 Å². The van der Waals surface area contributed by atoms with Crippen LogP contribution >= 0.6 is 12.2 Å². The Morgan fingerprint density at radius 3 is 2.76 bits per heavy atom. The number of aryl methyl sites for hydroxylation is 1. The molecule has 1 aromatic rings. The van der Waals surface area contributed by atoms with Crippen LogP contribution in [0.4, 0.5) is 0 Å². The van der Waals surface area contributed by atoms with E-state index in [4.69, 9.17) is 18.0 Å². The number of hydrogen-bond donors (Lipinski definition) is 2. The van der Waals surface area contributed by atoms with Gasteiger partial charge in [-0.05, 0) is 13.8 Å². The first kappa shape index (κ1) is 13.6. The molecule has 0 saturated heterocycles. The Hall–Kier alpha value is -1.50. The lowest BCUT2D eigenvalue weighted by molar-refractivity contribution is -0.126. The zero-order valence-electron chi connectivity index (χ0n) is 10.2. The normalized spacial score (nSPS) is 11.2. The Balaban J connectivity index is 2.42. The first-order valence-corrected chi connectivity index (χ1v) is 5.67. The maximum atomic E-state index is 11.8. The van der Waals surface area contributed by atoms with Crippen molar-refractivity contribution in [3.05, 3.63) is 12.2 Å². The average molecular weight is 255 g/mol. The summed E-state index contributed by atoms with van der Waals surface area (Å²) in [6.45, 7) is 3.86. The smallest absolute Gasteiger partial charge is 0.232 e. The highest BCUT2D eigenvalue weighted by Crippen LogP contribution is 2.14. The second-order valence-corrected chi connectivity index (χ2v) is 4.77. The molecule has 0 saturated carbocycles. The minimum absolute atomic E-state index is 0.180. The number of hydrogen-bond acceptors (Lipinski definition) is 4. The molecular formula is C10H17N5OS. The van der Waals surface area contributed by atoms with E-state index in [1.807, 2.05) is 0 Å². The highest BCUT2D eigenvalue weighted by molar-refractivity contribution is 7.80. The van der Waals surface area contributed by atoms with Crippen LogP contribution < -0.4 is 11.1 Å². The molecule has 1 amide bonds. The molecule has 0 spiro atoms. The Labute approximate surface area is 106 Å². The van der Waals surface area contributed by atoms with Crippen molar-refractivity contribution in [2.24, 2.45) is 18.2 Å². The number of nitrogens with one attached hydrogen (secondary N) is 1. The Kier molecular flexibility index (Phi) is 4.17. The van der Waals surface area contributed by atoms with Gasteiger partial charge in [-0.3, -0.25) is 9.48 Å². The molecule has 0 radical (unpaired) electrons. The van der Waals surface area contributed by atoms with Crippen molar-refractivity contribution in [3.8, 4) is 0 Å². The number of nitrogens with zero attached hydrogens (tertiary/aromatic N) is 3. The molecule has 7 heteroatoms. The summed E-state index contributed by atoms with van der Waals surface area (Å²) in [7, 11) is 1.80. The van der Waals surface area contributed by atoms with Crippen LogP contribution in [-0.4, -0.2) is 32.2 Å². The van der Waals surface area contributed by atoms with Gasteiger partial charge in [0, 0.05) is 20.0 Å². The molecule has 0 fully saturated rings. The largest absolute Gasteiger partial charge is 0.392 e. The third kappa shape index (κ3) is 3.48. The third-order valence-electron chi connectivity index (χ3n) is 2.46. The maximum Gasteiger partial charge on any atom is 0.232 e. The van der Waals surface area contributed by atoms with Crippen molar-refractivity contribution in [1.29, 1.82) is 0 Å². The molecule has 1 rings (SSSR count). The summed E-state index contributed by atoms with van der Waals surface area (Å²) in [5.41, 5.74) is 4.67. The van der Waals surface area contributed by atoms with Gasteiger partial charge in [-0.1, -0.05) is 12.2 Å². The van der Waals surface area contributed by atoms with E-state index in [9.17, 15) is 4.79 Å². The van der Waals surface area contributed by atoms with Crippen LogP contribution in [-0.2, 0) is 18.3 Å². The van der Waals surface area contributed by atoms with E-state index in [0.717, 1.165) is 0 Å². The molecular weight excluding hydrogens is 238 g/mol. The monoisotopic (exact) mass is 255 g/mol. The number of rotatable bonds is 5. The van der Waals surface area contributed by atoms with Gasteiger partial charge >= 0.3 is 0 Å². The predicted octanol–water partition coefficient (Wildman–Crippen LogP) is -0.214. The summed E-state index contributed by atoms with van der Waals surface area (Å²) < 4.78 is 1.62. The van der Waals surface area contributed by atoms with Gasteiger partial charge in [0.1, 0.15) is 6.33 Å². The van der Waals surface area contributed by atoms with Gasteiger partial charge in [0.25, 0.3) is 0 Å². The van der Waals surface area contributed by atoms with E-state index < -0.39 is 5.41 Å². The van der Waals surface area contributed by atoms with E-state index in [0.29, 0.717) is 18.8 Å². The molecule has 1 aromatic heterocycles. The molecule has 0 aliphatic heterocycles. The fraction of sp³-hybridized carbons (Fsp3) is 0.600. The second kappa shape index (κ2) is 5.22. The van der Waals surface area contributed by atoms with Crippen molar-refractivity contribution in [3.63, 3.8) is 0 Å². The highest BCUT2D eigenvalue weighted by Gasteiger charge is 2.30. The molecule has 0 atom stereocenters. The van der Waals surface area contributed by atoms with Crippen LogP contribution in [0, 0.1) is 5.41 Å². The lowest BCUT2D eigenvalue weighted by atomic mass is 9.92. The molecule has 17 heavy (non-hydrogen) atoms. The Morgan fingerprint density at radius 2 is 2.29 bits per heavy atom. The average Bonchev–Trinajstić information content (AvgIpc) is 2.63. The fourth-order valence-electron chi connectivity index (χ4n) is 1.12. The fourth-order valence-corrected chi connectivity index (χ4v) is 1.21. The molecule has 6 nitrogen and oxygen atoms in total. The van der Waals surface area contributed by atoms with E-state index in [1.54, 1.807) is 31.9 Å². The molecule has 3 N–H and O–H groups in total. The summed E-state index contributed by atoms with van der Waals surface area (Å²) in [5, 5.41) is 6.87.